The summed E-state index contributed by atoms with van der Waals surface area (Å²) in [6, 6.07) is 4.08. The Hall–Kier alpha value is -1.89. The van der Waals surface area contributed by atoms with Gasteiger partial charge < -0.3 is 15.2 Å². The lowest BCUT2D eigenvalue weighted by atomic mass is 9.81. The van der Waals surface area contributed by atoms with Crippen LogP contribution in [0, 0.1) is 11.8 Å². The number of ether oxygens (including phenoxy) is 1. The van der Waals surface area contributed by atoms with Gasteiger partial charge in [0.1, 0.15) is 5.75 Å². The van der Waals surface area contributed by atoms with Gasteiger partial charge in [0.2, 0.25) is 5.91 Å². The van der Waals surface area contributed by atoms with E-state index in [0.29, 0.717) is 31.4 Å². The average Bonchev–Trinajstić information content (AvgIpc) is 2.50. The van der Waals surface area contributed by atoms with Crippen LogP contribution in [-0.2, 0) is 9.59 Å². The lowest BCUT2D eigenvalue weighted by Gasteiger charge is -2.25. The van der Waals surface area contributed by atoms with Gasteiger partial charge in [-0.25, -0.2) is 0 Å². The molecule has 8 heteroatoms. The minimum Gasteiger partial charge on any atom is -0.481 e. The first-order chi connectivity index (χ1) is 10.9. The predicted octanol–water partition coefficient (Wildman–Crippen LogP) is 3.77. The standard InChI is InChI=1S/C15H16ClF2NO4/c16-11-6-5-10(7-12(11)23-15(17)18)19-13(20)8-1-3-9(4-2-8)14(21)22/h5-9,15H,1-4H2,(H,19,20)(H,21,22). The number of benzene rings is 1. The molecule has 126 valence electrons. The molecule has 1 amide bonds. The predicted molar refractivity (Wildman–Crippen MR) is 79.8 cm³/mol. The molecule has 1 aliphatic carbocycles. The lowest BCUT2D eigenvalue weighted by molar-refractivity contribution is -0.143. The van der Waals surface area contributed by atoms with Crippen molar-refractivity contribution in [3.8, 4) is 5.75 Å². The highest BCUT2D eigenvalue weighted by atomic mass is 35.5. The van der Waals surface area contributed by atoms with Crippen molar-refractivity contribution in [2.45, 2.75) is 32.3 Å². The number of amides is 1. The van der Waals surface area contributed by atoms with Crippen molar-refractivity contribution in [1.29, 1.82) is 0 Å². The maximum atomic E-state index is 12.3. The number of aliphatic carboxylic acids is 1. The summed E-state index contributed by atoms with van der Waals surface area (Å²) in [7, 11) is 0. The number of carbonyl (C=O) groups excluding carboxylic acids is 1. The number of halogens is 3. The topological polar surface area (TPSA) is 75.6 Å². The van der Waals surface area contributed by atoms with E-state index in [9.17, 15) is 18.4 Å². The van der Waals surface area contributed by atoms with Crippen LogP contribution in [0.15, 0.2) is 18.2 Å². The molecule has 0 aliphatic heterocycles. The SMILES string of the molecule is O=C(O)C1CCC(C(=O)Nc2ccc(Cl)c(OC(F)F)c2)CC1. The number of hydrogen-bond acceptors (Lipinski definition) is 3. The zero-order valence-corrected chi connectivity index (χ0v) is 12.9. The Kier molecular flexibility index (Phi) is 5.76. The molecule has 0 aromatic heterocycles. The number of alkyl halides is 2. The first-order valence-electron chi connectivity index (χ1n) is 7.15. The maximum absolute atomic E-state index is 12.3. The van der Waals surface area contributed by atoms with E-state index in [2.05, 4.69) is 10.1 Å². The molecule has 23 heavy (non-hydrogen) atoms. The largest absolute Gasteiger partial charge is 0.481 e. The van der Waals surface area contributed by atoms with E-state index in [1.54, 1.807) is 0 Å². The fraction of sp³-hybridized carbons (Fsp3) is 0.467. The number of rotatable bonds is 5. The molecule has 2 rings (SSSR count). The fourth-order valence-electron chi connectivity index (χ4n) is 2.61. The number of carboxylic acids is 1. The lowest BCUT2D eigenvalue weighted by Crippen LogP contribution is -2.29. The van der Waals surface area contributed by atoms with Crippen molar-refractivity contribution >= 4 is 29.2 Å². The van der Waals surface area contributed by atoms with E-state index < -0.39 is 18.5 Å². The van der Waals surface area contributed by atoms with Crippen LogP contribution in [0.5, 0.6) is 5.75 Å². The van der Waals surface area contributed by atoms with Gasteiger partial charge in [0.15, 0.2) is 0 Å². The van der Waals surface area contributed by atoms with E-state index in [1.807, 2.05) is 0 Å². The Morgan fingerprint density at radius 3 is 2.39 bits per heavy atom. The third-order valence-corrected chi connectivity index (χ3v) is 4.17. The molecule has 1 aliphatic rings. The van der Waals surface area contributed by atoms with Crippen LogP contribution in [0.3, 0.4) is 0 Å². The second-order valence-electron chi connectivity index (χ2n) is 5.40. The summed E-state index contributed by atoms with van der Waals surface area (Å²) >= 11 is 5.74. The van der Waals surface area contributed by atoms with Gasteiger partial charge in [-0.2, -0.15) is 8.78 Å². The zero-order chi connectivity index (χ0) is 17.0. The highest BCUT2D eigenvalue weighted by Gasteiger charge is 2.29. The molecule has 0 saturated heterocycles. The summed E-state index contributed by atoms with van der Waals surface area (Å²) in [6.45, 7) is -3.01. The molecule has 0 radical (unpaired) electrons. The van der Waals surface area contributed by atoms with Gasteiger partial charge in [-0.1, -0.05) is 11.6 Å². The van der Waals surface area contributed by atoms with Crippen LogP contribution in [-0.4, -0.2) is 23.6 Å². The normalized spacial score (nSPS) is 21.0. The van der Waals surface area contributed by atoms with E-state index in [4.69, 9.17) is 16.7 Å². The highest BCUT2D eigenvalue weighted by Crippen LogP contribution is 2.32. The van der Waals surface area contributed by atoms with E-state index in [0.717, 1.165) is 0 Å². The third kappa shape index (κ3) is 4.79. The molecular formula is C15H16ClF2NO4. The molecule has 0 spiro atoms. The third-order valence-electron chi connectivity index (χ3n) is 3.86. The monoisotopic (exact) mass is 347 g/mol. The van der Waals surface area contributed by atoms with Crippen LogP contribution in [0.4, 0.5) is 14.5 Å². The maximum Gasteiger partial charge on any atom is 0.387 e. The van der Waals surface area contributed by atoms with Crippen molar-refractivity contribution in [1.82, 2.24) is 0 Å². The second-order valence-corrected chi connectivity index (χ2v) is 5.81. The molecule has 0 unspecified atom stereocenters. The molecule has 1 aromatic rings. The Morgan fingerprint density at radius 2 is 1.83 bits per heavy atom. The molecule has 1 aromatic carbocycles. The molecule has 0 atom stereocenters. The molecule has 0 bridgehead atoms. The minimum atomic E-state index is -3.01. The van der Waals surface area contributed by atoms with Gasteiger partial charge in [0.25, 0.3) is 0 Å². The fourth-order valence-corrected chi connectivity index (χ4v) is 2.78. The molecule has 5 nitrogen and oxygen atoms in total. The van der Waals surface area contributed by atoms with Crippen LogP contribution in [0.2, 0.25) is 5.02 Å². The van der Waals surface area contributed by atoms with Crippen LogP contribution < -0.4 is 10.1 Å². The Bertz CT molecular complexity index is 589. The first kappa shape index (κ1) is 17.5. The average molecular weight is 348 g/mol. The van der Waals surface area contributed by atoms with Gasteiger partial charge in [-0.3, -0.25) is 9.59 Å². The van der Waals surface area contributed by atoms with Gasteiger partial charge >= 0.3 is 12.6 Å². The molecule has 2 N–H and O–H groups in total. The van der Waals surface area contributed by atoms with Crippen molar-refractivity contribution < 1.29 is 28.2 Å². The van der Waals surface area contributed by atoms with Crippen LogP contribution in [0.25, 0.3) is 0 Å². The van der Waals surface area contributed by atoms with Crippen molar-refractivity contribution in [2.24, 2.45) is 11.8 Å². The Labute approximate surface area is 136 Å². The number of nitrogens with one attached hydrogen (secondary N) is 1. The number of anilines is 1. The molecular weight excluding hydrogens is 332 g/mol. The molecule has 1 fully saturated rings. The molecule has 0 heterocycles. The summed E-state index contributed by atoms with van der Waals surface area (Å²) in [5.74, 6) is -2.01. The van der Waals surface area contributed by atoms with Crippen LogP contribution >= 0.6 is 11.6 Å². The summed E-state index contributed by atoms with van der Waals surface area (Å²) in [5.41, 5.74) is 0.301. The Morgan fingerprint density at radius 1 is 1.22 bits per heavy atom. The second kappa shape index (κ2) is 7.59. The van der Waals surface area contributed by atoms with E-state index in [1.165, 1.54) is 18.2 Å². The van der Waals surface area contributed by atoms with Crippen LogP contribution in [0.1, 0.15) is 25.7 Å². The summed E-state index contributed by atoms with van der Waals surface area (Å²) in [5, 5.41) is 11.6. The smallest absolute Gasteiger partial charge is 0.387 e. The number of carboxylic acid groups (broad SMARTS) is 1. The van der Waals surface area contributed by atoms with Gasteiger partial charge in [-0.15, -0.1) is 0 Å². The quantitative estimate of drug-likeness (QED) is 0.850. The Balaban J connectivity index is 1.97. The van der Waals surface area contributed by atoms with Gasteiger partial charge in [0, 0.05) is 17.7 Å². The van der Waals surface area contributed by atoms with Crippen molar-refractivity contribution in [3.63, 3.8) is 0 Å². The van der Waals surface area contributed by atoms with Gasteiger partial charge in [-0.05, 0) is 37.8 Å². The van der Waals surface area contributed by atoms with Gasteiger partial charge in [0.05, 0.1) is 10.9 Å². The van der Waals surface area contributed by atoms with Crippen molar-refractivity contribution in [3.05, 3.63) is 23.2 Å². The van der Waals surface area contributed by atoms with E-state index in [-0.39, 0.29) is 22.6 Å². The summed E-state index contributed by atoms with van der Waals surface area (Å²) in [4.78, 5) is 23.1. The first-order valence-corrected chi connectivity index (χ1v) is 7.52. The van der Waals surface area contributed by atoms with E-state index >= 15 is 0 Å². The highest BCUT2D eigenvalue weighted by molar-refractivity contribution is 6.32. The number of carbonyl (C=O) groups is 2. The zero-order valence-electron chi connectivity index (χ0n) is 12.1. The minimum absolute atomic E-state index is 0.0188. The molecule has 1 saturated carbocycles. The number of hydrogen-bond donors (Lipinski definition) is 2. The summed E-state index contributed by atoms with van der Waals surface area (Å²) in [6.07, 6.45) is 1.87. The summed E-state index contributed by atoms with van der Waals surface area (Å²) < 4.78 is 28.8. The van der Waals surface area contributed by atoms with Crippen molar-refractivity contribution in [2.75, 3.05) is 5.32 Å².